The van der Waals surface area contributed by atoms with Gasteiger partial charge in [-0.05, 0) is 6.92 Å². The van der Waals surface area contributed by atoms with Gasteiger partial charge in [-0.2, -0.15) is 4.99 Å². The smallest absolute Gasteiger partial charge is 0.237 e. The normalized spacial score (nSPS) is 7.57. The fraction of sp³-hybridized carbons (Fsp3) is 0.750. The van der Waals surface area contributed by atoms with Crippen molar-refractivity contribution in [3.05, 3.63) is 0 Å². The van der Waals surface area contributed by atoms with E-state index in [1.54, 1.807) is 0 Å². The Morgan fingerprint density at radius 3 is 3.00 bits per heavy atom. The molecule has 40 valence electrons. The van der Waals surface area contributed by atoms with E-state index in [-0.39, 0.29) is 6.73 Å². The number of carbonyl (C=O) groups excluding carboxylic acids is 1. The summed E-state index contributed by atoms with van der Waals surface area (Å²) in [6.45, 7) is 2.56. The van der Waals surface area contributed by atoms with Crippen LogP contribution in [-0.2, 0) is 9.53 Å². The molecule has 0 heterocycles. The molecule has 0 aromatic heterocycles. The summed E-state index contributed by atoms with van der Waals surface area (Å²) in [4.78, 5) is 12.4. The quantitative estimate of drug-likeness (QED) is 0.291. The molecule has 0 spiro atoms. The van der Waals surface area contributed by atoms with Crippen LogP contribution in [0.1, 0.15) is 6.92 Å². The molecule has 0 aromatic carbocycles. The lowest BCUT2D eigenvalue weighted by molar-refractivity contribution is 0.156. The average Bonchev–Trinajstić information content (AvgIpc) is 1.69. The Morgan fingerprint density at radius 2 is 2.57 bits per heavy atom. The predicted octanol–water partition coefficient (Wildman–Crippen LogP) is 0.316. The van der Waals surface area contributed by atoms with Gasteiger partial charge in [0.15, 0.2) is 0 Å². The van der Waals surface area contributed by atoms with E-state index in [2.05, 4.69) is 9.73 Å². The molecular formula is C4H7NO2. The highest BCUT2D eigenvalue weighted by molar-refractivity contribution is 5.32. The lowest BCUT2D eigenvalue weighted by Gasteiger charge is -1.86. The van der Waals surface area contributed by atoms with E-state index in [0.717, 1.165) is 0 Å². The highest BCUT2D eigenvalue weighted by Gasteiger charge is 1.71. The molecule has 0 radical (unpaired) electrons. The van der Waals surface area contributed by atoms with Crippen molar-refractivity contribution in [2.75, 3.05) is 13.3 Å². The minimum absolute atomic E-state index is 0.139. The summed E-state index contributed by atoms with van der Waals surface area (Å²) < 4.78 is 4.64. The van der Waals surface area contributed by atoms with Crippen LogP contribution in [0.3, 0.4) is 0 Å². The summed E-state index contributed by atoms with van der Waals surface area (Å²) in [5.74, 6) is 0. The summed E-state index contributed by atoms with van der Waals surface area (Å²) in [6, 6.07) is 0. The molecule has 3 heteroatoms. The molecule has 0 rings (SSSR count). The van der Waals surface area contributed by atoms with Crippen LogP contribution in [0.5, 0.6) is 0 Å². The third-order valence-electron chi connectivity index (χ3n) is 0.425. The highest BCUT2D eigenvalue weighted by Crippen LogP contribution is 1.69. The maximum atomic E-state index is 9.31. The van der Waals surface area contributed by atoms with Gasteiger partial charge in [0.2, 0.25) is 6.08 Å². The van der Waals surface area contributed by atoms with Crippen LogP contribution in [0.25, 0.3) is 0 Å². The van der Waals surface area contributed by atoms with Crippen LogP contribution >= 0.6 is 0 Å². The maximum Gasteiger partial charge on any atom is 0.237 e. The van der Waals surface area contributed by atoms with E-state index in [0.29, 0.717) is 6.61 Å². The molecule has 7 heavy (non-hydrogen) atoms. The number of hydrogen-bond acceptors (Lipinski definition) is 3. The van der Waals surface area contributed by atoms with Crippen molar-refractivity contribution in [1.29, 1.82) is 0 Å². The van der Waals surface area contributed by atoms with E-state index in [9.17, 15) is 4.79 Å². The van der Waals surface area contributed by atoms with Gasteiger partial charge in [-0.1, -0.05) is 0 Å². The van der Waals surface area contributed by atoms with Crippen LogP contribution < -0.4 is 0 Å². The van der Waals surface area contributed by atoms with Gasteiger partial charge in [0.25, 0.3) is 0 Å². The predicted molar refractivity (Wildman–Crippen MR) is 24.6 cm³/mol. The highest BCUT2D eigenvalue weighted by atomic mass is 16.5. The zero-order chi connectivity index (χ0) is 5.54. The largest absolute Gasteiger partial charge is 0.359 e. The van der Waals surface area contributed by atoms with E-state index < -0.39 is 0 Å². The molecule has 0 aliphatic heterocycles. The zero-order valence-corrected chi connectivity index (χ0v) is 4.18. The fourth-order valence-electron chi connectivity index (χ4n) is 0.163. The van der Waals surface area contributed by atoms with Gasteiger partial charge in [-0.3, -0.25) is 0 Å². The van der Waals surface area contributed by atoms with Crippen LogP contribution in [0.2, 0.25) is 0 Å². The van der Waals surface area contributed by atoms with Crippen molar-refractivity contribution in [3.63, 3.8) is 0 Å². The summed E-state index contributed by atoms with van der Waals surface area (Å²) >= 11 is 0. The molecule has 0 N–H and O–H groups in total. The van der Waals surface area contributed by atoms with Crippen molar-refractivity contribution in [3.8, 4) is 0 Å². The standard InChI is InChI=1S/C4H7NO2/c1-2-7-4-5-3-6/h2,4H2,1H3. The van der Waals surface area contributed by atoms with Crippen LogP contribution in [-0.4, -0.2) is 19.4 Å². The molecule has 0 unspecified atom stereocenters. The Morgan fingerprint density at radius 1 is 1.86 bits per heavy atom. The Bertz CT molecular complexity index is 75.8. The number of ether oxygens (including phenoxy) is 1. The van der Waals surface area contributed by atoms with Crippen LogP contribution in [0.15, 0.2) is 4.99 Å². The molecule has 0 aliphatic carbocycles. The first kappa shape index (κ1) is 6.34. The topological polar surface area (TPSA) is 38.7 Å². The number of aliphatic imine (C=N–C) groups is 1. The summed E-state index contributed by atoms with van der Waals surface area (Å²) in [5.41, 5.74) is 0. The molecular weight excluding hydrogens is 94.0 g/mol. The Balaban J connectivity index is 2.83. The third-order valence-corrected chi connectivity index (χ3v) is 0.425. The van der Waals surface area contributed by atoms with Crippen molar-refractivity contribution in [1.82, 2.24) is 0 Å². The van der Waals surface area contributed by atoms with Gasteiger partial charge < -0.3 is 4.74 Å². The van der Waals surface area contributed by atoms with Gasteiger partial charge in [0.1, 0.15) is 6.73 Å². The lowest BCUT2D eigenvalue weighted by Crippen LogP contribution is -1.87. The van der Waals surface area contributed by atoms with E-state index in [4.69, 9.17) is 0 Å². The molecule has 0 amide bonds. The van der Waals surface area contributed by atoms with E-state index in [1.807, 2.05) is 6.92 Å². The molecule has 0 fully saturated rings. The minimum atomic E-state index is 0.139. The lowest BCUT2D eigenvalue weighted by atomic mass is 10.9. The maximum absolute atomic E-state index is 9.31. The average molecular weight is 101 g/mol. The van der Waals surface area contributed by atoms with Gasteiger partial charge in [-0.25, -0.2) is 4.79 Å². The molecule has 0 aromatic rings. The second kappa shape index (κ2) is 5.34. The van der Waals surface area contributed by atoms with Gasteiger partial charge in [-0.15, -0.1) is 0 Å². The zero-order valence-electron chi connectivity index (χ0n) is 4.18. The van der Waals surface area contributed by atoms with Gasteiger partial charge in [0.05, 0.1) is 0 Å². The monoisotopic (exact) mass is 101 g/mol. The van der Waals surface area contributed by atoms with Crippen molar-refractivity contribution in [2.45, 2.75) is 6.92 Å². The summed E-state index contributed by atoms with van der Waals surface area (Å²) in [7, 11) is 0. The second-order valence-electron chi connectivity index (χ2n) is 0.871. The summed E-state index contributed by atoms with van der Waals surface area (Å²) in [5, 5.41) is 0. The van der Waals surface area contributed by atoms with Gasteiger partial charge in [0, 0.05) is 6.61 Å². The van der Waals surface area contributed by atoms with E-state index in [1.165, 1.54) is 6.08 Å². The molecule has 0 saturated heterocycles. The van der Waals surface area contributed by atoms with Crippen molar-refractivity contribution >= 4 is 6.08 Å². The minimum Gasteiger partial charge on any atom is -0.359 e. The molecule has 3 nitrogen and oxygen atoms in total. The van der Waals surface area contributed by atoms with E-state index >= 15 is 0 Å². The Kier molecular flexibility index (Phi) is 4.84. The molecule has 0 aliphatic rings. The van der Waals surface area contributed by atoms with Crippen LogP contribution in [0.4, 0.5) is 0 Å². The first-order valence-corrected chi connectivity index (χ1v) is 2.03. The molecule has 0 saturated carbocycles. The third kappa shape index (κ3) is 5.34. The first-order valence-electron chi connectivity index (χ1n) is 2.03. The number of hydrogen-bond donors (Lipinski definition) is 0. The second-order valence-corrected chi connectivity index (χ2v) is 0.871. The fourth-order valence-corrected chi connectivity index (χ4v) is 0.163. The SMILES string of the molecule is CCOCN=C=O. The number of rotatable bonds is 3. The number of nitrogens with zero attached hydrogens (tertiary/aromatic N) is 1. The first-order chi connectivity index (χ1) is 3.41. The van der Waals surface area contributed by atoms with Crippen LogP contribution in [0, 0.1) is 0 Å². The molecule has 0 bridgehead atoms. The summed E-state index contributed by atoms with van der Waals surface area (Å²) in [6.07, 6.45) is 1.35. The molecule has 0 atom stereocenters. The Hall–Kier alpha value is -0.660. The van der Waals surface area contributed by atoms with Crippen molar-refractivity contribution in [2.24, 2.45) is 4.99 Å². The van der Waals surface area contributed by atoms with Gasteiger partial charge >= 0.3 is 0 Å². The number of isocyanates is 1. The Labute approximate surface area is 42.0 Å². The van der Waals surface area contributed by atoms with Crippen molar-refractivity contribution < 1.29 is 9.53 Å².